The van der Waals surface area contributed by atoms with E-state index in [1.165, 1.54) is 51.9 Å². The van der Waals surface area contributed by atoms with E-state index >= 15 is 0 Å². The van der Waals surface area contributed by atoms with Crippen LogP contribution in [0.4, 0.5) is 23.7 Å². The topological polar surface area (TPSA) is 102 Å². The van der Waals surface area contributed by atoms with Crippen molar-refractivity contribution in [3.05, 3.63) is 89.7 Å². The van der Waals surface area contributed by atoms with Crippen LogP contribution < -0.4 is 15.0 Å². The third-order valence-electron chi connectivity index (χ3n) is 6.81. The molecule has 0 atom stereocenters. The summed E-state index contributed by atoms with van der Waals surface area (Å²) in [4.78, 5) is 35.2. The highest BCUT2D eigenvalue weighted by atomic mass is 32.2. The smallest absolute Gasteiger partial charge is 0.406 e. The highest BCUT2D eigenvalue weighted by Crippen LogP contribution is 2.32. The summed E-state index contributed by atoms with van der Waals surface area (Å²) in [5.74, 6) is 0.304. The average molecular weight is 623 g/mol. The number of ether oxygens (including phenoxy) is 1. The van der Waals surface area contributed by atoms with Gasteiger partial charge in [0.1, 0.15) is 12.1 Å². The van der Waals surface area contributed by atoms with Gasteiger partial charge < -0.3 is 10.1 Å². The average Bonchev–Trinajstić information content (AvgIpc) is 3.60. The number of thioether (sulfide) groups is 1. The lowest BCUT2D eigenvalue weighted by Crippen LogP contribution is -2.32. The Labute approximate surface area is 256 Å². The number of aliphatic imine (C=N–C) groups is 1. The third-order valence-corrected chi connectivity index (χ3v) is 7.73. The molecular formula is C31H29F3N6O3S. The molecule has 0 aliphatic carbocycles. The van der Waals surface area contributed by atoms with E-state index in [-0.39, 0.29) is 17.4 Å². The van der Waals surface area contributed by atoms with Crippen LogP contribution in [0.2, 0.25) is 0 Å². The van der Waals surface area contributed by atoms with E-state index in [0.717, 1.165) is 47.2 Å². The van der Waals surface area contributed by atoms with Crippen LogP contribution in [0.5, 0.6) is 5.75 Å². The monoisotopic (exact) mass is 622 g/mol. The predicted octanol–water partition coefficient (Wildman–Crippen LogP) is 6.62. The lowest BCUT2D eigenvalue weighted by atomic mass is 10.0. The standard InChI is InChI=1S/C31H29F3N6O3S/c1-20-7-5-8-21(2)27(20)40-26(41)18-44-30(40)37-29(42)35-16-4-3-9-22-10-6-11-23(17-22)28-36-19-39(38-28)24-12-14-25(15-13-24)43-31(32,33)34/h5-8,10-15,17,19H,3-4,9,16,18H2,1-2H3,(H,35,42)/b37-30-. The van der Waals surface area contributed by atoms with Gasteiger partial charge in [-0.3, -0.25) is 9.69 Å². The Kier molecular flexibility index (Phi) is 9.33. The Balaban J connectivity index is 1.12. The first kappa shape index (κ1) is 30.8. The third kappa shape index (κ3) is 7.64. The minimum Gasteiger partial charge on any atom is -0.406 e. The summed E-state index contributed by atoms with van der Waals surface area (Å²) in [6.45, 7) is 4.30. The maximum Gasteiger partial charge on any atom is 0.573 e. The van der Waals surface area contributed by atoms with Crippen LogP contribution in [-0.2, 0) is 11.2 Å². The number of benzene rings is 3. The maximum absolute atomic E-state index is 12.6. The van der Waals surface area contributed by atoms with Gasteiger partial charge in [-0.05, 0) is 80.1 Å². The molecule has 0 unspecified atom stereocenters. The van der Waals surface area contributed by atoms with Crippen molar-refractivity contribution in [3.63, 3.8) is 0 Å². The van der Waals surface area contributed by atoms with Gasteiger partial charge in [0.15, 0.2) is 11.0 Å². The number of carbonyl (C=O) groups is 2. The van der Waals surface area contributed by atoms with Crippen LogP contribution in [0.1, 0.15) is 29.5 Å². The summed E-state index contributed by atoms with van der Waals surface area (Å²) in [5.41, 5.74) is 5.07. The molecule has 0 saturated carbocycles. The first-order valence-corrected chi connectivity index (χ1v) is 14.8. The Morgan fingerprint density at radius 3 is 2.50 bits per heavy atom. The molecule has 0 bridgehead atoms. The van der Waals surface area contributed by atoms with Gasteiger partial charge in [-0.25, -0.2) is 14.5 Å². The van der Waals surface area contributed by atoms with E-state index in [4.69, 9.17) is 0 Å². The molecule has 1 aliphatic heterocycles. The zero-order valence-electron chi connectivity index (χ0n) is 24.0. The normalized spacial score (nSPS) is 14.3. The van der Waals surface area contributed by atoms with Crippen LogP contribution in [0, 0.1) is 13.8 Å². The van der Waals surface area contributed by atoms with Crippen molar-refractivity contribution >= 4 is 34.6 Å². The molecular weight excluding hydrogens is 593 g/mol. The van der Waals surface area contributed by atoms with Crippen LogP contribution in [-0.4, -0.2) is 50.5 Å². The summed E-state index contributed by atoms with van der Waals surface area (Å²) in [6.07, 6.45) is -0.944. The van der Waals surface area contributed by atoms with Crippen molar-refractivity contribution < 1.29 is 27.5 Å². The fourth-order valence-corrected chi connectivity index (χ4v) is 5.64. The number of hydrogen-bond donors (Lipinski definition) is 1. The van der Waals surface area contributed by atoms with E-state index in [1.54, 1.807) is 0 Å². The number of carbonyl (C=O) groups excluding carboxylic acids is 2. The van der Waals surface area contributed by atoms with Crippen molar-refractivity contribution in [1.29, 1.82) is 0 Å². The number of halogens is 3. The number of nitrogens with zero attached hydrogens (tertiary/aromatic N) is 5. The van der Waals surface area contributed by atoms with Crippen molar-refractivity contribution in [3.8, 4) is 22.8 Å². The van der Waals surface area contributed by atoms with Gasteiger partial charge in [0.25, 0.3) is 0 Å². The number of amidine groups is 1. The van der Waals surface area contributed by atoms with Crippen LogP contribution in [0.15, 0.2) is 78.0 Å². The second kappa shape index (κ2) is 13.3. The lowest BCUT2D eigenvalue weighted by molar-refractivity contribution is -0.274. The zero-order valence-corrected chi connectivity index (χ0v) is 24.8. The highest BCUT2D eigenvalue weighted by molar-refractivity contribution is 8.15. The molecule has 9 nitrogen and oxygen atoms in total. The van der Waals surface area contributed by atoms with Gasteiger partial charge in [0.2, 0.25) is 5.91 Å². The molecule has 1 fully saturated rings. The summed E-state index contributed by atoms with van der Waals surface area (Å²) in [7, 11) is 0. The van der Waals surface area contributed by atoms with Gasteiger partial charge in [-0.15, -0.1) is 18.3 Å². The molecule has 228 valence electrons. The quantitative estimate of drug-likeness (QED) is 0.211. The van der Waals surface area contributed by atoms with E-state index in [0.29, 0.717) is 23.2 Å². The number of amides is 3. The fraction of sp³-hybridized carbons (Fsp3) is 0.258. The molecule has 1 saturated heterocycles. The van der Waals surface area contributed by atoms with Crippen molar-refractivity contribution in [2.24, 2.45) is 4.99 Å². The summed E-state index contributed by atoms with van der Waals surface area (Å²) >= 11 is 1.25. The Hall–Kier alpha value is -4.65. The van der Waals surface area contributed by atoms with Crippen LogP contribution in [0.25, 0.3) is 17.1 Å². The number of aromatic nitrogens is 3. The highest BCUT2D eigenvalue weighted by Gasteiger charge is 2.32. The van der Waals surface area contributed by atoms with Crippen LogP contribution in [0.3, 0.4) is 0 Å². The summed E-state index contributed by atoms with van der Waals surface area (Å²) in [6, 6.07) is 18.5. The van der Waals surface area contributed by atoms with Crippen molar-refractivity contribution in [2.45, 2.75) is 39.5 Å². The molecule has 4 aromatic rings. The van der Waals surface area contributed by atoms with Crippen molar-refractivity contribution in [2.75, 3.05) is 17.2 Å². The maximum atomic E-state index is 12.6. The SMILES string of the molecule is Cc1cccc(C)c1N1C(=O)CS/C1=N\C(=O)NCCCCc1cccc(-c2ncn(-c3ccc(OC(F)(F)F)cc3)n2)c1. The van der Waals surface area contributed by atoms with Gasteiger partial charge in [-0.2, -0.15) is 4.99 Å². The first-order valence-electron chi connectivity index (χ1n) is 13.8. The molecule has 1 N–H and O–H groups in total. The number of rotatable bonds is 9. The first-order chi connectivity index (χ1) is 21.1. The minimum atomic E-state index is -4.75. The van der Waals surface area contributed by atoms with Crippen molar-refractivity contribution in [1.82, 2.24) is 20.1 Å². The minimum absolute atomic E-state index is 0.100. The molecule has 2 heterocycles. The summed E-state index contributed by atoms with van der Waals surface area (Å²) < 4.78 is 42.6. The molecule has 3 amide bonds. The van der Waals surface area contributed by atoms with Gasteiger partial charge in [0.05, 0.1) is 17.1 Å². The van der Waals surface area contributed by atoms with Crippen LogP contribution >= 0.6 is 11.8 Å². The molecule has 0 spiro atoms. The molecule has 13 heteroatoms. The predicted molar refractivity (Wildman–Crippen MR) is 163 cm³/mol. The zero-order chi connectivity index (χ0) is 31.3. The number of aryl methyl sites for hydroxylation is 3. The second-order valence-electron chi connectivity index (χ2n) is 10.1. The van der Waals surface area contributed by atoms with Gasteiger partial charge in [0, 0.05) is 12.1 Å². The number of unbranched alkanes of at least 4 members (excludes halogenated alkanes) is 1. The van der Waals surface area contributed by atoms with Gasteiger partial charge in [-0.1, -0.05) is 48.2 Å². The molecule has 44 heavy (non-hydrogen) atoms. The molecule has 5 rings (SSSR count). The summed E-state index contributed by atoms with van der Waals surface area (Å²) in [5, 5.41) is 7.66. The number of alkyl halides is 3. The van der Waals surface area contributed by atoms with E-state index in [9.17, 15) is 22.8 Å². The number of hydrogen-bond acceptors (Lipinski definition) is 6. The van der Waals surface area contributed by atoms with E-state index < -0.39 is 12.4 Å². The van der Waals surface area contributed by atoms with E-state index in [1.807, 2.05) is 56.3 Å². The molecule has 3 aromatic carbocycles. The molecule has 1 aromatic heterocycles. The second-order valence-corrected chi connectivity index (χ2v) is 11.0. The number of para-hydroxylation sites is 1. The Morgan fingerprint density at radius 1 is 1.05 bits per heavy atom. The van der Waals surface area contributed by atoms with Gasteiger partial charge >= 0.3 is 12.4 Å². The fourth-order valence-electron chi connectivity index (χ4n) is 4.79. The number of anilines is 1. The Bertz CT molecular complexity index is 1670. The largest absolute Gasteiger partial charge is 0.573 e. The number of nitrogens with one attached hydrogen (secondary N) is 1. The van der Waals surface area contributed by atoms with E-state index in [2.05, 4.69) is 25.1 Å². The lowest BCUT2D eigenvalue weighted by Gasteiger charge is -2.20. The molecule has 1 aliphatic rings. The molecule has 0 radical (unpaired) electrons. The number of urea groups is 1. The Morgan fingerprint density at radius 2 is 1.77 bits per heavy atom.